The molecule has 28 heavy (non-hydrogen) atoms. The summed E-state index contributed by atoms with van der Waals surface area (Å²) in [5.41, 5.74) is 1.20. The van der Waals surface area contributed by atoms with Crippen molar-refractivity contribution in [3.63, 3.8) is 0 Å². The molecule has 0 aliphatic heterocycles. The largest absolute Gasteiger partial charge is 0.337 e. The lowest BCUT2D eigenvalue weighted by molar-refractivity contribution is 0.0770. The summed E-state index contributed by atoms with van der Waals surface area (Å²) in [6.45, 7) is 0.0682. The van der Waals surface area contributed by atoms with Gasteiger partial charge in [0.05, 0.1) is 23.4 Å². The second-order valence-electron chi connectivity index (χ2n) is 6.11. The molecule has 1 aromatic heterocycles. The van der Waals surface area contributed by atoms with Crippen LogP contribution in [0.1, 0.15) is 16.2 Å². The highest BCUT2D eigenvalue weighted by Gasteiger charge is 2.19. The minimum absolute atomic E-state index is 0.0682. The third-order valence-corrected chi connectivity index (χ3v) is 4.66. The first-order chi connectivity index (χ1) is 13.2. The molecule has 0 aliphatic carbocycles. The van der Waals surface area contributed by atoms with E-state index in [1.807, 2.05) is 30.3 Å². The van der Waals surface area contributed by atoms with Crippen LogP contribution < -0.4 is 4.72 Å². The zero-order valence-corrected chi connectivity index (χ0v) is 16.7. The standard InChI is InChI=1S/C18H17ClN4O4S/c1-23(11-16-20-17(21-27-16)12-6-4-3-5-7-12)18(24)14-10-13(8-9-15(14)19)22-28(2,25)26/h3-10,22H,11H2,1-2H3. The van der Waals surface area contributed by atoms with Gasteiger partial charge in [-0.3, -0.25) is 9.52 Å². The fraction of sp³-hybridized carbons (Fsp3) is 0.167. The lowest BCUT2D eigenvalue weighted by Gasteiger charge is -2.16. The molecule has 1 N–H and O–H groups in total. The van der Waals surface area contributed by atoms with E-state index in [0.717, 1.165) is 11.8 Å². The van der Waals surface area contributed by atoms with Crippen LogP contribution in [0.3, 0.4) is 0 Å². The van der Waals surface area contributed by atoms with E-state index in [2.05, 4.69) is 14.9 Å². The Kier molecular flexibility index (Phi) is 5.66. The van der Waals surface area contributed by atoms with Gasteiger partial charge in [-0.05, 0) is 18.2 Å². The minimum atomic E-state index is -3.48. The van der Waals surface area contributed by atoms with Crippen molar-refractivity contribution in [1.29, 1.82) is 0 Å². The molecule has 0 saturated heterocycles. The Labute approximate surface area is 167 Å². The Balaban J connectivity index is 1.76. The highest BCUT2D eigenvalue weighted by atomic mass is 35.5. The summed E-state index contributed by atoms with van der Waals surface area (Å²) in [6.07, 6.45) is 1.02. The van der Waals surface area contributed by atoms with Crippen LogP contribution in [-0.2, 0) is 16.6 Å². The highest BCUT2D eigenvalue weighted by molar-refractivity contribution is 7.92. The minimum Gasteiger partial charge on any atom is -0.337 e. The first kappa shape index (κ1) is 19.8. The van der Waals surface area contributed by atoms with Gasteiger partial charge in [-0.1, -0.05) is 47.1 Å². The number of hydrogen-bond donors (Lipinski definition) is 1. The first-order valence-corrected chi connectivity index (χ1v) is 10.4. The number of carbonyl (C=O) groups is 1. The van der Waals surface area contributed by atoms with Crippen molar-refractivity contribution in [3.8, 4) is 11.4 Å². The van der Waals surface area contributed by atoms with E-state index in [4.69, 9.17) is 16.1 Å². The number of nitrogens with zero attached hydrogens (tertiary/aromatic N) is 3. The van der Waals surface area contributed by atoms with Crippen molar-refractivity contribution < 1.29 is 17.7 Å². The number of sulfonamides is 1. The van der Waals surface area contributed by atoms with Gasteiger partial charge >= 0.3 is 0 Å². The summed E-state index contributed by atoms with van der Waals surface area (Å²) in [7, 11) is -1.92. The number of aromatic nitrogens is 2. The fourth-order valence-corrected chi connectivity index (χ4v) is 3.22. The maximum atomic E-state index is 12.7. The van der Waals surface area contributed by atoms with Crippen LogP contribution in [0.25, 0.3) is 11.4 Å². The fourth-order valence-electron chi connectivity index (χ4n) is 2.47. The molecule has 0 fully saturated rings. The Morgan fingerprint density at radius 1 is 1.21 bits per heavy atom. The number of hydrogen-bond acceptors (Lipinski definition) is 6. The van der Waals surface area contributed by atoms with E-state index in [9.17, 15) is 13.2 Å². The monoisotopic (exact) mass is 420 g/mol. The van der Waals surface area contributed by atoms with Crippen LogP contribution in [0, 0.1) is 0 Å². The van der Waals surface area contributed by atoms with Crippen molar-refractivity contribution >= 4 is 33.2 Å². The predicted molar refractivity (Wildman–Crippen MR) is 105 cm³/mol. The summed E-state index contributed by atoms with van der Waals surface area (Å²) in [5.74, 6) is 0.270. The van der Waals surface area contributed by atoms with Crippen LogP contribution in [-0.4, -0.2) is 42.7 Å². The molecule has 8 nitrogen and oxygen atoms in total. The van der Waals surface area contributed by atoms with Gasteiger partial charge in [-0.25, -0.2) is 8.42 Å². The van der Waals surface area contributed by atoms with Gasteiger partial charge < -0.3 is 9.42 Å². The van der Waals surface area contributed by atoms with E-state index in [0.29, 0.717) is 5.82 Å². The van der Waals surface area contributed by atoms with Gasteiger partial charge in [-0.15, -0.1) is 0 Å². The number of amides is 1. The third-order valence-electron chi connectivity index (χ3n) is 3.72. The van der Waals surface area contributed by atoms with Gasteiger partial charge in [0.15, 0.2) is 0 Å². The maximum Gasteiger partial charge on any atom is 0.255 e. The average molecular weight is 421 g/mol. The molecule has 0 spiro atoms. The Hall–Kier alpha value is -2.91. The van der Waals surface area contributed by atoms with Crippen molar-refractivity contribution in [2.75, 3.05) is 18.0 Å². The molecular formula is C18H17ClN4O4S. The topological polar surface area (TPSA) is 105 Å². The zero-order valence-electron chi connectivity index (χ0n) is 15.1. The van der Waals surface area contributed by atoms with Gasteiger partial charge in [0, 0.05) is 18.3 Å². The highest BCUT2D eigenvalue weighted by Crippen LogP contribution is 2.23. The quantitative estimate of drug-likeness (QED) is 0.657. The Bertz CT molecular complexity index is 1100. The molecule has 3 rings (SSSR count). The summed E-state index contributed by atoms with van der Waals surface area (Å²) in [4.78, 5) is 18.4. The van der Waals surface area contributed by atoms with Gasteiger partial charge in [0.2, 0.25) is 21.7 Å². The van der Waals surface area contributed by atoms with E-state index in [-0.39, 0.29) is 28.7 Å². The number of rotatable bonds is 6. The molecule has 1 heterocycles. The molecule has 0 saturated carbocycles. The number of halogens is 1. The van der Waals surface area contributed by atoms with Crippen molar-refractivity contribution in [1.82, 2.24) is 15.0 Å². The zero-order chi connectivity index (χ0) is 20.3. The molecule has 146 valence electrons. The van der Waals surface area contributed by atoms with Crippen LogP contribution >= 0.6 is 11.6 Å². The van der Waals surface area contributed by atoms with Crippen molar-refractivity contribution in [2.45, 2.75) is 6.54 Å². The van der Waals surface area contributed by atoms with Crippen molar-refractivity contribution in [2.24, 2.45) is 0 Å². The maximum absolute atomic E-state index is 12.7. The van der Waals surface area contributed by atoms with Crippen LogP contribution in [0.15, 0.2) is 53.1 Å². The van der Waals surface area contributed by atoms with Gasteiger partial charge in [0.1, 0.15) is 0 Å². The average Bonchev–Trinajstić information content (AvgIpc) is 3.11. The molecule has 0 unspecified atom stereocenters. The lowest BCUT2D eigenvalue weighted by atomic mass is 10.2. The summed E-state index contributed by atoms with van der Waals surface area (Å²) in [5, 5.41) is 4.12. The number of nitrogens with one attached hydrogen (secondary N) is 1. The molecule has 0 bridgehead atoms. The van der Waals surface area contributed by atoms with Crippen molar-refractivity contribution in [3.05, 3.63) is 65.0 Å². The smallest absolute Gasteiger partial charge is 0.255 e. The molecule has 0 atom stereocenters. The Morgan fingerprint density at radius 3 is 2.61 bits per heavy atom. The SMILES string of the molecule is CN(Cc1nc(-c2ccccc2)no1)C(=O)c1cc(NS(C)(=O)=O)ccc1Cl. The van der Waals surface area contributed by atoms with E-state index >= 15 is 0 Å². The molecule has 0 radical (unpaired) electrons. The molecule has 10 heteroatoms. The molecule has 0 aliphatic rings. The second-order valence-corrected chi connectivity index (χ2v) is 8.26. The molecular weight excluding hydrogens is 404 g/mol. The summed E-state index contributed by atoms with van der Waals surface area (Å²) < 4.78 is 30.3. The van der Waals surface area contributed by atoms with E-state index < -0.39 is 15.9 Å². The number of benzene rings is 2. The van der Waals surface area contributed by atoms with Crippen LogP contribution in [0.5, 0.6) is 0 Å². The number of anilines is 1. The van der Waals surface area contributed by atoms with E-state index in [1.54, 1.807) is 7.05 Å². The Morgan fingerprint density at radius 2 is 1.93 bits per heavy atom. The molecule has 3 aromatic rings. The first-order valence-electron chi connectivity index (χ1n) is 8.14. The normalized spacial score (nSPS) is 11.2. The third kappa shape index (κ3) is 4.87. The predicted octanol–water partition coefficient (Wildman–Crippen LogP) is 3.03. The van der Waals surface area contributed by atoms with Gasteiger partial charge in [-0.2, -0.15) is 4.98 Å². The lowest BCUT2D eigenvalue weighted by Crippen LogP contribution is -2.26. The molecule has 1 amide bonds. The summed E-state index contributed by atoms with van der Waals surface area (Å²) >= 11 is 6.12. The van der Waals surface area contributed by atoms with Crippen LogP contribution in [0.4, 0.5) is 5.69 Å². The van der Waals surface area contributed by atoms with Gasteiger partial charge in [0.25, 0.3) is 5.91 Å². The number of carbonyl (C=O) groups excluding carboxylic acids is 1. The van der Waals surface area contributed by atoms with E-state index in [1.165, 1.54) is 23.1 Å². The second kappa shape index (κ2) is 7.99. The van der Waals surface area contributed by atoms with Crippen LogP contribution in [0.2, 0.25) is 5.02 Å². The molecule has 2 aromatic carbocycles. The summed E-state index contributed by atoms with van der Waals surface area (Å²) in [6, 6.07) is 13.6.